The maximum Gasteiger partial charge on any atom is 0.321 e. The highest BCUT2D eigenvalue weighted by molar-refractivity contribution is 5.97. The van der Waals surface area contributed by atoms with Gasteiger partial charge in [-0.3, -0.25) is 14.9 Å². The molecule has 1 aromatic rings. The Bertz CT molecular complexity index is 622. The average molecular weight is 350 g/mol. The van der Waals surface area contributed by atoms with E-state index in [1.165, 1.54) is 6.92 Å². The number of hydrogen-bond acceptors (Lipinski definition) is 5. The fourth-order valence-corrected chi connectivity index (χ4v) is 1.85. The molecule has 25 heavy (non-hydrogen) atoms. The smallest absolute Gasteiger partial charge is 0.321 e. The topological polar surface area (TPSA) is 93.7 Å². The lowest BCUT2D eigenvalue weighted by Crippen LogP contribution is -2.50. The van der Waals surface area contributed by atoms with Gasteiger partial charge in [-0.25, -0.2) is 4.79 Å². The van der Waals surface area contributed by atoms with Crippen LogP contribution in [0.3, 0.4) is 0 Å². The van der Waals surface area contributed by atoms with E-state index in [0.717, 1.165) is 5.56 Å². The van der Waals surface area contributed by atoms with Gasteiger partial charge in [0.05, 0.1) is 13.0 Å². The lowest BCUT2D eigenvalue weighted by Gasteiger charge is -2.21. The summed E-state index contributed by atoms with van der Waals surface area (Å²) in [4.78, 5) is 35.2. The highest BCUT2D eigenvalue weighted by Crippen LogP contribution is 2.12. The molecular weight excluding hydrogens is 324 g/mol. The molecule has 0 aliphatic heterocycles. The van der Waals surface area contributed by atoms with E-state index < -0.39 is 29.6 Å². The van der Waals surface area contributed by atoms with Crippen molar-refractivity contribution in [2.24, 2.45) is 0 Å². The molecule has 0 saturated heterocycles. The quantitative estimate of drug-likeness (QED) is 0.768. The van der Waals surface area contributed by atoms with E-state index in [9.17, 15) is 14.4 Å². The van der Waals surface area contributed by atoms with Gasteiger partial charge in [0.15, 0.2) is 6.10 Å². The van der Waals surface area contributed by atoms with Gasteiger partial charge in [0.25, 0.3) is 5.91 Å². The maximum absolute atomic E-state index is 11.8. The SMILES string of the molecule is Cc1cccc(OCCC(=O)O[C@H](C)C(=O)NC(=O)NC(C)(C)C)c1. The number of carbonyl (C=O) groups is 3. The summed E-state index contributed by atoms with van der Waals surface area (Å²) in [7, 11) is 0. The van der Waals surface area contributed by atoms with Crippen LogP contribution in [0.4, 0.5) is 4.79 Å². The number of nitrogens with one attached hydrogen (secondary N) is 2. The zero-order valence-electron chi connectivity index (χ0n) is 15.3. The first kappa shape index (κ1) is 20.5. The van der Waals surface area contributed by atoms with E-state index in [1.807, 2.05) is 25.1 Å². The number of aryl methyl sites for hydroxylation is 1. The van der Waals surface area contributed by atoms with Crippen LogP contribution in [0.2, 0.25) is 0 Å². The van der Waals surface area contributed by atoms with E-state index in [4.69, 9.17) is 9.47 Å². The molecule has 3 amide bonds. The molecule has 7 nitrogen and oxygen atoms in total. The van der Waals surface area contributed by atoms with Gasteiger partial charge < -0.3 is 14.8 Å². The van der Waals surface area contributed by atoms with Gasteiger partial charge >= 0.3 is 12.0 Å². The first-order valence-corrected chi connectivity index (χ1v) is 8.09. The number of rotatable bonds is 6. The van der Waals surface area contributed by atoms with Crippen LogP contribution < -0.4 is 15.4 Å². The summed E-state index contributed by atoms with van der Waals surface area (Å²) in [5.74, 6) is -0.598. The van der Waals surface area contributed by atoms with E-state index in [2.05, 4.69) is 10.6 Å². The molecule has 0 unspecified atom stereocenters. The molecule has 0 aliphatic rings. The van der Waals surface area contributed by atoms with Crippen LogP contribution in [0, 0.1) is 6.92 Å². The second kappa shape index (κ2) is 9.05. The Labute approximate surface area is 148 Å². The van der Waals surface area contributed by atoms with Crippen molar-refractivity contribution >= 4 is 17.9 Å². The van der Waals surface area contributed by atoms with Crippen molar-refractivity contribution in [1.29, 1.82) is 0 Å². The number of ether oxygens (including phenoxy) is 2. The summed E-state index contributed by atoms with van der Waals surface area (Å²) in [6.45, 7) is 8.84. The monoisotopic (exact) mass is 350 g/mol. The number of imide groups is 1. The third kappa shape index (κ3) is 8.74. The van der Waals surface area contributed by atoms with E-state index >= 15 is 0 Å². The molecular formula is C18H26N2O5. The van der Waals surface area contributed by atoms with Gasteiger partial charge in [0, 0.05) is 5.54 Å². The predicted molar refractivity (Wildman–Crippen MR) is 93.3 cm³/mol. The molecule has 0 heterocycles. The van der Waals surface area contributed by atoms with Crippen LogP contribution in [-0.4, -0.2) is 36.2 Å². The number of hydrogen-bond donors (Lipinski definition) is 2. The molecule has 0 fully saturated rings. The molecule has 0 saturated carbocycles. The highest BCUT2D eigenvalue weighted by Gasteiger charge is 2.22. The Morgan fingerprint density at radius 1 is 1.20 bits per heavy atom. The fourth-order valence-electron chi connectivity index (χ4n) is 1.85. The zero-order valence-corrected chi connectivity index (χ0v) is 15.3. The number of benzene rings is 1. The Morgan fingerprint density at radius 2 is 1.88 bits per heavy atom. The summed E-state index contributed by atoms with van der Waals surface area (Å²) in [6.07, 6.45) is -1.07. The largest absolute Gasteiger partial charge is 0.493 e. The van der Waals surface area contributed by atoms with Crippen LogP contribution in [0.1, 0.15) is 39.7 Å². The van der Waals surface area contributed by atoms with Crippen molar-refractivity contribution < 1.29 is 23.9 Å². The van der Waals surface area contributed by atoms with Crippen LogP contribution in [-0.2, 0) is 14.3 Å². The minimum Gasteiger partial charge on any atom is -0.493 e. The number of esters is 1. The lowest BCUT2D eigenvalue weighted by molar-refractivity contribution is -0.154. The third-order valence-electron chi connectivity index (χ3n) is 2.97. The van der Waals surface area contributed by atoms with Crippen LogP contribution in [0.25, 0.3) is 0 Å². The van der Waals surface area contributed by atoms with Gasteiger partial charge in [-0.15, -0.1) is 0 Å². The second-order valence-electron chi connectivity index (χ2n) is 6.74. The summed E-state index contributed by atoms with van der Waals surface area (Å²) in [6, 6.07) is 6.82. The minimum absolute atomic E-state index is 0.000249. The van der Waals surface area contributed by atoms with Crippen molar-refractivity contribution in [3.63, 3.8) is 0 Å². The zero-order chi connectivity index (χ0) is 19.0. The molecule has 0 radical (unpaired) electrons. The van der Waals surface area contributed by atoms with Gasteiger partial charge in [0.1, 0.15) is 5.75 Å². The van der Waals surface area contributed by atoms with Gasteiger partial charge in [0.2, 0.25) is 0 Å². The number of carbonyl (C=O) groups excluding carboxylic acids is 3. The predicted octanol–water partition coefficient (Wildman–Crippen LogP) is 2.32. The molecule has 0 bridgehead atoms. The van der Waals surface area contributed by atoms with Gasteiger partial charge in [-0.1, -0.05) is 12.1 Å². The summed E-state index contributed by atoms with van der Waals surface area (Å²) < 4.78 is 10.4. The van der Waals surface area contributed by atoms with Crippen LogP contribution in [0.5, 0.6) is 5.75 Å². The second-order valence-corrected chi connectivity index (χ2v) is 6.74. The van der Waals surface area contributed by atoms with Crippen molar-refractivity contribution in [2.45, 2.75) is 52.7 Å². The Hall–Kier alpha value is -2.57. The van der Waals surface area contributed by atoms with Gasteiger partial charge in [-0.05, 0) is 52.3 Å². The molecule has 0 spiro atoms. The molecule has 1 rings (SSSR count). The van der Waals surface area contributed by atoms with Crippen molar-refractivity contribution in [2.75, 3.05) is 6.61 Å². The normalized spacial score (nSPS) is 12.0. The molecule has 0 aliphatic carbocycles. The van der Waals surface area contributed by atoms with Gasteiger partial charge in [-0.2, -0.15) is 0 Å². The molecule has 0 aromatic heterocycles. The Kier molecular flexibility index (Phi) is 7.42. The third-order valence-corrected chi connectivity index (χ3v) is 2.97. The Balaban J connectivity index is 2.33. The molecule has 2 N–H and O–H groups in total. The van der Waals surface area contributed by atoms with E-state index in [1.54, 1.807) is 26.8 Å². The van der Waals surface area contributed by atoms with E-state index in [0.29, 0.717) is 5.75 Å². The van der Waals surface area contributed by atoms with Crippen molar-refractivity contribution in [3.8, 4) is 5.75 Å². The minimum atomic E-state index is -1.07. The Morgan fingerprint density at radius 3 is 2.48 bits per heavy atom. The molecule has 138 valence electrons. The molecule has 1 atom stereocenters. The maximum atomic E-state index is 11.8. The standard InChI is InChI=1S/C18H26N2O5/c1-12-7-6-8-14(11-12)24-10-9-15(21)25-13(2)16(22)19-17(23)20-18(3,4)5/h6-8,11,13H,9-10H2,1-5H3,(H2,19,20,22,23)/t13-/m1/s1. The molecule has 7 heteroatoms. The number of urea groups is 1. The van der Waals surface area contributed by atoms with Crippen LogP contribution in [0.15, 0.2) is 24.3 Å². The highest BCUT2D eigenvalue weighted by atomic mass is 16.5. The van der Waals surface area contributed by atoms with Crippen molar-refractivity contribution in [3.05, 3.63) is 29.8 Å². The first-order valence-electron chi connectivity index (χ1n) is 8.09. The van der Waals surface area contributed by atoms with Crippen LogP contribution >= 0.6 is 0 Å². The van der Waals surface area contributed by atoms with E-state index in [-0.39, 0.29) is 13.0 Å². The molecule has 1 aromatic carbocycles. The summed E-state index contributed by atoms with van der Waals surface area (Å²) in [5.41, 5.74) is 0.580. The summed E-state index contributed by atoms with van der Waals surface area (Å²) >= 11 is 0. The van der Waals surface area contributed by atoms with Crippen molar-refractivity contribution in [1.82, 2.24) is 10.6 Å². The summed E-state index contributed by atoms with van der Waals surface area (Å²) in [5, 5.41) is 4.72. The lowest BCUT2D eigenvalue weighted by atomic mass is 10.1. The fraction of sp³-hybridized carbons (Fsp3) is 0.500. The number of amides is 3. The first-order chi connectivity index (χ1) is 11.6. The average Bonchev–Trinajstić information content (AvgIpc) is 2.45.